The number of rotatable bonds is 4. The summed E-state index contributed by atoms with van der Waals surface area (Å²) in [5.74, 6) is -0.0337. The largest absolute Gasteiger partial charge is 0.469 e. The second-order valence-electron chi connectivity index (χ2n) is 6.36. The van der Waals surface area contributed by atoms with Gasteiger partial charge in [-0.1, -0.05) is 6.92 Å². The Labute approximate surface area is 150 Å². The minimum absolute atomic E-state index is 0.00664. The van der Waals surface area contributed by atoms with Crippen molar-refractivity contribution in [2.75, 3.05) is 26.7 Å². The number of esters is 1. The molecule has 2 heterocycles. The monoisotopic (exact) mass is 375 g/mol. The quantitative estimate of drug-likeness (QED) is 0.492. The van der Waals surface area contributed by atoms with Crippen LogP contribution in [0.15, 0.2) is 11.2 Å². The number of alkyl halides is 3. The number of nitrogens with one attached hydrogen (secondary N) is 1. The Hall–Kier alpha value is -2.26. The predicted octanol–water partition coefficient (Wildman–Crippen LogP) is 1.65. The summed E-state index contributed by atoms with van der Waals surface area (Å²) in [5, 5.41) is 6.56. The molecule has 0 radical (unpaired) electrons. The molecule has 1 aliphatic rings. The molecule has 2 atom stereocenters. The number of halogens is 3. The van der Waals surface area contributed by atoms with Crippen LogP contribution in [0.5, 0.6) is 0 Å². The van der Waals surface area contributed by atoms with Gasteiger partial charge in [0.25, 0.3) is 0 Å². The molecule has 0 amide bonds. The van der Waals surface area contributed by atoms with Crippen LogP contribution in [0.25, 0.3) is 0 Å². The third-order valence-electron chi connectivity index (χ3n) is 4.32. The molecule has 1 saturated heterocycles. The molecule has 0 saturated carbocycles. The average Bonchev–Trinajstić information content (AvgIpc) is 3.13. The fourth-order valence-electron chi connectivity index (χ4n) is 3.08. The van der Waals surface area contributed by atoms with Crippen LogP contribution in [0.4, 0.5) is 13.2 Å². The topological polar surface area (TPSA) is 71.8 Å². The van der Waals surface area contributed by atoms with Gasteiger partial charge in [0.1, 0.15) is 0 Å². The molecule has 1 aliphatic heterocycles. The molecular formula is C16H24F3N5O2. The van der Waals surface area contributed by atoms with Gasteiger partial charge in [0.2, 0.25) is 0 Å². The summed E-state index contributed by atoms with van der Waals surface area (Å²) in [6, 6.07) is 0. The minimum Gasteiger partial charge on any atom is -0.469 e. The number of aliphatic imine (C=N–C) groups is 1. The van der Waals surface area contributed by atoms with Crippen molar-refractivity contribution in [3.05, 3.63) is 17.5 Å². The molecule has 1 aromatic heterocycles. The number of nitrogens with zero attached hydrogens (tertiary/aromatic N) is 4. The van der Waals surface area contributed by atoms with Gasteiger partial charge in [-0.2, -0.15) is 18.3 Å². The molecule has 146 valence electrons. The maximum absolute atomic E-state index is 13.1. The van der Waals surface area contributed by atoms with E-state index >= 15 is 0 Å². The fraction of sp³-hybridized carbons (Fsp3) is 0.688. The van der Waals surface area contributed by atoms with E-state index in [2.05, 4.69) is 15.4 Å². The zero-order valence-corrected chi connectivity index (χ0v) is 15.3. The maximum Gasteiger partial charge on any atom is 0.435 e. The number of hydrogen-bond donors (Lipinski definition) is 1. The molecular weight excluding hydrogens is 351 g/mol. The predicted molar refractivity (Wildman–Crippen MR) is 89.3 cm³/mol. The summed E-state index contributed by atoms with van der Waals surface area (Å²) in [5.41, 5.74) is -0.922. The Morgan fingerprint density at radius 3 is 2.73 bits per heavy atom. The highest BCUT2D eigenvalue weighted by molar-refractivity contribution is 5.82. The molecule has 1 fully saturated rings. The number of carbonyl (C=O) groups excluding carboxylic acids is 1. The SMILES string of the molecule is CCNC(=NCc1cn(C)nc1C(F)(F)F)N1CC(C)C(C(=O)OC)C1. The van der Waals surface area contributed by atoms with E-state index < -0.39 is 11.9 Å². The lowest BCUT2D eigenvalue weighted by Gasteiger charge is -2.21. The molecule has 0 bridgehead atoms. The second-order valence-corrected chi connectivity index (χ2v) is 6.36. The van der Waals surface area contributed by atoms with Crippen molar-refractivity contribution in [1.82, 2.24) is 20.0 Å². The molecule has 2 rings (SSSR count). The number of ether oxygens (including phenoxy) is 1. The van der Waals surface area contributed by atoms with Gasteiger partial charge >= 0.3 is 12.1 Å². The third kappa shape index (κ3) is 4.47. The average molecular weight is 375 g/mol. The van der Waals surface area contributed by atoms with E-state index in [1.54, 1.807) is 0 Å². The summed E-state index contributed by atoms with van der Waals surface area (Å²) in [6.07, 6.45) is -3.21. The Kier molecular flexibility index (Phi) is 6.14. The highest BCUT2D eigenvalue weighted by atomic mass is 19.4. The van der Waals surface area contributed by atoms with Gasteiger partial charge in [-0.25, -0.2) is 4.99 Å². The van der Waals surface area contributed by atoms with Gasteiger partial charge in [-0.3, -0.25) is 9.48 Å². The highest BCUT2D eigenvalue weighted by Crippen LogP contribution is 2.31. The number of guanidine groups is 1. The molecule has 0 aromatic carbocycles. The van der Waals surface area contributed by atoms with E-state index in [-0.39, 0.29) is 29.9 Å². The van der Waals surface area contributed by atoms with Crippen molar-refractivity contribution in [3.63, 3.8) is 0 Å². The van der Waals surface area contributed by atoms with Gasteiger partial charge < -0.3 is 15.0 Å². The van der Waals surface area contributed by atoms with Crippen LogP contribution >= 0.6 is 0 Å². The number of hydrogen-bond acceptors (Lipinski definition) is 4. The van der Waals surface area contributed by atoms with E-state index in [0.717, 1.165) is 4.68 Å². The molecule has 0 spiro atoms. The van der Waals surface area contributed by atoms with Crippen molar-refractivity contribution < 1.29 is 22.7 Å². The molecule has 7 nitrogen and oxygen atoms in total. The zero-order valence-electron chi connectivity index (χ0n) is 15.3. The second kappa shape index (κ2) is 7.96. The van der Waals surface area contributed by atoms with Crippen molar-refractivity contribution in [1.29, 1.82) is 0 Å². The van der Waals surface area contributed by atoms with Gasteiger partial charge in [0.15, 0.2) is 11.7 Å². The Bertz CT molecular complexity index is 671. The lowest BCUT2D eigenvalue weighted by atomic mass is 9.99. The van der Waals surface area contributed by atoms with Crippen molar-refractivity contribution in [2.24, 2.45) is 23.9 Å². The molecule has 10 heteroatoms. The van der Waals surface area contributed by atoms with Crippen LogP contribution in [0.1, 0.15) is 25.1 Å². The highest BCUT2D eigenvalue weighted by Gasteiger charge is 2.38. The summed E-state index contributed by atoms with van der Waals surface area (Å²) in [6.45, 7) is 5.21. The Balaban J connectivity index is 2.19. The van der Waals surface area contributed by atoms with E-state index in [9.17, 15) is 18.0 Å². The standard InChI is InChI=1S/C16H24F3N5O2/c1-5-20-15(24-7-10(2)12(9-24)14(25)26-4)21-6-11-8-23(3)22-13(11)16(17,18)19/h8,10,12H,5-7,9H2,1-4H3,(H,20,21). The smallest absolute Gasteiger partial charge is 0.435 e. The number of likely N-dealkylation sites (tertiary alicyclic amines) is 1. The molecule has 2 unspecified atom stereocenters. The normalized spacial score (nSPS) is 21.2. The lowest BCUT2D eigenvalue weighted by molar-refractivity contribution is -0.146. The third-order valence-corrected chi connectivity index (χ3v) is 4.32. The van der Waals surface area contributed by atoms with Crippen LogP contribution in [0, 0.1) is 11.8 Å². The van der Waals surface area contributed by atoms with Crippen LogP contribution in [0.2, 0.25) is 0 Å². The van der Waals surface area contributed by atoms with Gasteiger partial charge in [0, 0.05) is 38.4 Å². The first-order valence-corrected chi connectivity index (χ1v) is 8.38. The van der Waals surface area contributed by atoms with E-state index in [0.29, 0.717) is 25.6 Å². The van der Waals surface area contributed by atoms with Crippen molar-refractivity contribution in [3.8, 4) is 0 Å². The van der Waals surface area contributed by atoms with Gasteiger partial charge in [0.05, 0.1) is 19.6 Å². The van der Waals surface area contributed by atoms with E-state index in [4.69, 9.17) is 4.74 Å². The summed E-state index contributed by atoms with van der Waals surface area (Å²) in [4.78, 5) is 18.1. The van der Waals surface area contributed by atoms with Crippen LogP contribution in [-0.2, 0) is 29.3 Å². The molecule has 1 N–H and O–H groups in total. The lowest BCUT2D eigenvalue weighted by Crippen LogP contribution is -2.40. The fourth-order valence-corrected chi connectivity index (χ4v) is 3.08. The number of methoxy groups -OCH3 is 1. The van der Waals surface area contributed by atoms with E-state index in [1.807, 2.05) is 18.7 Å². The van der Waals surface area contributed by atoms with Crippen molar-refractivity contribution >= 4 is 11.9 Å². The first-order valence-electron chi connectivity index (χ1n) is 8.38. The maximum atomic E-state index is 13.1. The van der Waals surface area contributed by atoms with Gasteiger partial charge in [-0.05, 0) is 12.8 Å². The number of aromatic nitrogens is 2. The molecule has 0 aliphatic carbocycles. The van der Waals surface area contributed by atoms with Crippen molar-refractivity contribution in [2.45, 2.75) is 26.6 Å². The van der Waals surface area contributed by atoms with Crippen LogP contribution in [-0.4, -0.2) is 53.4 Å². The minimum atomic E-state index is -4.53. The Morgan fingerprint density at radius 2 is 2.15 bits per heavy atom. The molecule has 1 aromatic rings. The number of aryl methyl sites for hydroxylation is 1. The van der Waals surface area contributed by atoms with Crippen LogP contribution in [0.3, 0.4) is 0 Å². The van der Waals surface area contributed by atoms with Gasteiger partial charge in [-0.15, -0.1) is 0 Å². The van der Waals surface area contributed by atoms with Crippen LogP contribution < -0.4 is 5.32 Å². The first-order chi connectivity index (χ1) is 12.2. The van der Waals surface area contributed by atoms with E-state index in [1.165, 1.54) is 20.4 Å². The summed E-state index contributed by atoms with van der Waals surface area (Å²) >= 11 is 0. The molecule has 26 heavy (non-hydrogen) atoms. The summed E-state index contributed by atoms with van der Waals surface area (Å²) in [7, 11) is 2.79. The zero-order chi connectivity index (χ0) is 19.5. The summed E-state index contributed by atoms with van der Waals surface area (Å²) < 4.78 is 45.1. The Morgan fingerprint density at radius 1 is 1.46 bits per heavy atom. The number of carbonyl (C=O) groups is 1. The first kappa shape index (κ1) is 20.1.